The number of nitrogens with zero attached hydrogens (tertiary/aromatic N) is 3. The predicted molar refractivity (Wildman–Crippen MR) is 134 cm³/mol. The summed E-state index contributed by atoms with van der Waals surface area (Å²) in [5.74, 6) is -0.271. The number of pyridine rings is 1. The van der Waals surface area contributed by atoms with E-state index in [0.717, 1.165) is 34.0 Å². The van der Waals surface area contributed by atoms with Crippen LogP contribution in [0.1, 0.15) is 40.3 Å². The van der Waals surface area contributed by atoms with Crippen LogP contribution in [0.25, 0.3) is 5.69 Å². The minimum Gasteiger partial charge on any atom is -0.351 e. The zero-order valence-corrected chi connectivity index (χ0v) is 19.6. The predicted octanol–water partition coefficient (Wildman–Crippen LogP) is 6.11. The number of hydrogen-bond acceptors (Lipinski definition) is 2. The van der Waals surface area contributed by atoms with E-state index in [9.17, 15) is 4.39 Å². The molecule has 0 spiro atoms. The van der Waals surface area contributed by atoms with Crippen LogP contribution in [0.3, 0.4) is 0 Å². The van der Waals surface area contributed by atoms with E-state index in [1.165, 1.54) is 17.7 Å². The lowest BCUT2D eigenvalue weighted by molar-refractivity contribution is 0.565. The fraction of sp³-hybridized carbons (Fsp3) is 0.185. The Morgan fingerprint density at radius 3 is 2.36 bits per heavy atom. The molecule has 2 aromatic carbocycles. The number of aromatic nitrogens is 2. The van der Waals surface area contributed by atoms with Gasteiger partial charge in [-0.15, -0.1) is 0 Å². The molecule has 6 heteroatoms. The summed E-state index contributed by atoms with van der Waals surface area (Å²) in [6.45, 7) is 6.40. The quantitative estimate of drug-likeness (QED) is 0.376. The fourth-order valence-electron chi connectivity index (χ4n) is 4.82. The Labute approximate surface area is 198 Å². The van der Waals surface area contributed by atoms with Crippen molar-refractivity contribution in [2.45, 2.75) is 32.9 Å². The molecule has 4 nitrogen and oxygen atoms in total. The van der Waals surface area contributed by atoms with Gasteiger partial charge in [0.05, 0.1) is 17.8 Å². The maximum Gasteiger partial charge on any atom is 0.174 e. The summed E-state index contributed by atoms with van der Waals surface area (Å²) < 4.78 is 16.0. The zero-order valence-electron chi connectivity index (χ0n) is 18.8. The maximum absolute atomic E-state index is 13.7. The van der Waals surface area contributed by atoms with Gasteiger partial charge >= 0.3 is 0 Å². The topological polar surface area (TPSA) is 33.1 Å². The van der Waals surface area contributed by atoms with Gasteiger partial charge in [0.15, 0.2) is 5.11 Å². The van der Waals surface area contributed by atoms with Crippen LogP contribution in [-0.4, -0.2) is 14.7 Å². The summed E-state index contributed by atoms with van der Waals surface area (Å²) in [5, 5.41) is 4.08. The van der Waals surface area contributed by atoms with Gasteiger partial charge in [0.2, 0.25) is 0 Å². The summed E-state index contributed by atoms with van der Waals surface area (Å²) in [5.41, 5.74) is 7.58. The van der Waals surface area contributed by atoms with Crippen molar-refractivity contribution < 1.29 is 4.39 Å². The fourth-order valence-corrected chi connectivity index (χ4v) is 5.17. The van der Waals surface area contributed by atoms with Gasteiger partial charge in [0, 0.05) is 29.0 Å². The molecule has 33 heavy (non-hydrogen) atoms. The Morgan fingerprint density at radius 2 is 1.67 bits per heavy atom. The molecule has 1 saturated heterocycles. The van der Waals surface area contributed by atoms with Crippen LogP contribution >= 0.6 is 12.2 Å². The van der Waals surface area contributed by atoms with Crippen LogP contribution in [-0.2, 0) is 0 Å². The first-order valence-corrected chi connectivity index (χ1v) is 11.4. The molecule has 166 valence electrons. The zero-order chi connectivity index (χ0) is 23.1. The Hall–Kier alpha value is -3.51. The van der Waals surface area contributed by atoms with Crippen molar-refractivity contribution in [1.82, 2.24) is 14.9 Å². The highest BCUT2D eigenvalue weighted by Crippen LogP contribution is 2.43. The Kier molecular flexibility index (Phi) is 5.46. The number of para-hydroxylation sites is 1. The lowest BCUT2D eigenvalue weighted by Gasteiger charge is -2.28. The third-order valence-electron chi connectivity index (χ3n) is 6.35. The second-order valence-electron chi connectivity index (χ2n) is 8.42. The molecule has 1 aliphatic rings. The summed E-state index contributed by atoms with van der Waals surface area (Å²) in [4.78, 5) is 6.71. The van der Waals surface area contributed by atoms with E-state index < -0.39 is 0 Å². The molecular weight excluding hydrogens is 431 g/mol. The van der Waals surface area contributed by atoms with Crippen LogP contribution in [0.15, 0.2) is 79.0 Å². The third-order valence-corrected chi connectivity index (χ3v) is 6.66. The van der Waals surface area contributed by atoms with Gasteiger partial charge in [0.1, 0.15) is 5.82 Å². The molecule has 0 amide bonds. The van der Waals surface area contributed by atoms with E-state index in [4.69, 9.17) is 12.2 Å². The first-order valence-electron chi connectivity index (χ1n) is 11.0. The number of aryl methyl sites for hydroxylation is 2. The molecule has 1 fully saturated rings. The SMILES string of the molecule is Cc1ccccc1-n1c(C)cc(C2C(c3ccccn3)NC(=S)N2c2ccc(F)cc2)c1C. The van der Waals surface area contributed by atoms with Crippen LogP contribution in [0.5, 0.6) is 0 Å². The average molecular weight is 457 g/mol. The first-order chi connectivity index (χ1) is 16.0. The lowest BCUT2D eigenvalue weighted by atomic mass is 9.96. The molecule has 2 unspecified atom stereocenters. The molecule has 3 heterocycles. The molecule has 1 N–H and O–H groups in total. The summed E-state index contributed by atoms with van der Waals surface area (Å²) >= 11 is 5.79. The van der Waals surface area contributed by atoms with Gasteiger partial charge in [-0.2, -0.15) is 0 Å². The molecule has 1 aliphatic heterocycles. The van der Waals surface area contributed by atoms with Gasteiger partial charge in [-0.05, 0) is 92.6 Å². The molecule has 2 aromatic heterocycles. The van der Waals surface area contributed by atoms with Crippen molar-refractivity contribution in [3.8, 4) is 5.69 Å². The Balaban J connectivity index is 1.69. The van der Waals surface area contributed by atoms with Gasteiger partial charge < -0.3 is 14.8 Å². The number of rotatable bonds is 4. The normalized spacial score (nSPS) is 17.9. The number of anilines is 1. The van der Waals surface area contributed by atoms with Gasteiger partial charge in [-0.25, -0.2) is 4.39 Å². The van der Waals surface area contributed by atoms with E-state index in [1.807, 2.05) is 18.2 Å². The average Bonchev–Trinajstić information content (AvgIpc) is 3.31. The standard InChI is InChI=1S/C27H25FN4S/c1-17-8-4-5-10-24(17)31-18(2)16-22(19(31)3)26-25(23-9-6-7-15-29-23)30-27(33)32(26)21-13-11-20(28)12-14-21/h4-16,25-26H,1-3H3,(H,30,33). The van der Waals surface area contributed by atoms with Crippen molar-refractivity contribution in [3.63, 3.8) is 0 Å². The van der Waals surface area contributed by atoms with Crippen molar-refractivity contribution in [2.75, 3.05) is 4.90 Å². The van der Waals surface area contributed by atoms with Crippen molar-refractivity contribution in [2.24, 2.45) is 0 Å². The largest absolute Gasteiger partial charge is 0.351 e. The van der Waals surface area contributed by atoms with E-state index in [0.29, 0.717) is 5.11 Å². The molecule has 0 radical (unpaired) electrons. The number of benzene rings is 2. The molecule has 4 aromatic rings. The molecule has 0 bridgehead atoms. The lowest BCUT2D eigenvalue weighted by Crippen LogP contribution is -2.29. The number of nitrogens with one attached hydrogen (secondary N) is 1. The number of hydrogen-bond donors (Lipinski definition) is 1. The molecule has 2 atom stereocenters. The summed E-state index contributed by atoms with van der Waals surface area (Å²) in [7, 11) is 0. The Morgan fingerprint density at radius 1 is 0.939 bits per heavy atom. The highest BCUT2D eigenvalue weighted by molar-refractivity contribution is 7.80. The van der Waals surface area contributed by atoms with Crippen LogP contribution in [0.2, 0.25) is 0 Å². The second-order valence-corrected chi connectivity index (χ2v) is 8.81. The Bertz CT molecular complexity index is 1310. The van der Waals surface area contributed by atoms with Crippen LogP contribution in [0.4, 0.5) is 10.1 Å². The number of thiocarbonyl (C=S) groups is 1. The minimum absolute atomic E-state index is 0.137. The van der Waals surface area contributed by atoms with E-state index >= 15 is 0 Å². The van der Waals surface area contributed by atoms with Crippen molar-refractivity contribution >= 4 is 23.0 Å². The van der Waals surface area contributed by atoms with Gasteiger partial charge in [-0.1, -0.05) is 24.3 Å². The van der Waals surface area contributed by atoms with E-state index in [-0.39, 0.29) is 17.9 Å². The third kappa shape index (κ3) is 3.70. The second kappa shape index (κ2) is 8.45. The molecular formula is C27H25FN4S. The smallest absolute Gasteiger partial charge is 0.174 e. The summed E-state index contributed by atoms with van der Waals surface area (Å²) in [6, 6.07) is 22.7. The summed E-state index contributed by atoms with van der Waals surface area (Å²) in [6.07, 6.45) is 1.80. The number of halogens is 1. The first kappa shape index (κ1) is 21.3. The highest BCUT2D eigenvalue weighted by Gasteiger charge is 2.42. The molecule has 0 aliphatic carbocycles. The molecule has 5 rings (SSSR count). The van der Waals surface area contributed by atoms with Gasteiger partial charge in [-0.3, -0.25) is 4.98 Å². The van der Waals surface area contributed by atoms with E-state index in [2.05, 4.69) is 70.9 Å². The molecule has 0 saturated carbocycles. The van der Waals surface area contributed by atoms with Crippen LogP contribution in [0, 0.1) is 26.6 Å². The maximum atomic E-state index is 13.7. The van der Waals surface area contributed by atoms with E-state index in [1.54, 1.807) is 18.3 Å². The van der Waals surface area contributed by atoms with Crippen LogP contribution < -0.4 is 10.2 Å². The monoisotopic (exact) mass is 456 g/mol. The van der Waals surface area contributed by atoms with Crippen molar-refractivity contribution in [1.29, 1.82) is 0 Å². The highest BCUT2D eigenvalue weighted by atomic mass is 32.1. The minimum atomic E-state index is -0.271. The van der Waals surface area contributed by atoms with Gasteiger partial charge in [0.25, 0.3) is 0 Å². The van der Waals surface area contributed by atoms with Crippen molar-refractivity contribution in [3.05, 3.63) is 113 Å².